The Morgan fingerprint density at radius 2 is 1.68 bits per heavy atom. The van der Waals surface area contributed by atoms with Crippen LogP contribution in [0.5, 0.6) is 0 Å². The molecular weight excluding hydrogens is 232 g/mol. The normalized spacial score (nSPS) is 10.8. The van der Waals surface area contributed by atoms with Crippen LogP contribution in [0.2, 0.25) is 0 Å². The van der Waals surface area contributed by atoms with Crippen molar-refractivity contribution >= 4 is 5.78 Å². The molecule has 0 heterocycles. The lowest BCUT2D eigenvalue weighted by molar-refractivity contribution is -0.117. The van der Waals surface area contributed by atoms with Crippen molar-refractivity contribution in [2.45, 2.75) is 59.8 Å². The second kappa shape index (κ2) is 6.06. The van der Waals surface area contributed by atoms with Crippen molar-refractivity contribution in [3.63, 3.8) is 0 Å². The topological polar surface area (TPSA) is 17.1 Å². The van der Waals surface area contributed by atoms with Gasteiger partial charge in [-0.2, -0.15) is 0 Å². The van der Waals surface area contributed by atoms with Gasteiger partial charge < -0.3 is 0 Å². The summed E-state index contributed by atoms with van der Waals surface area (Å²) in [4.78, 5) is 11.9. The van der Waals surface area contributed by atoms with Crippen molar-refractivity contribution in [1.29, 1.82) is 0 Å². The summed E-state index contributed by atoms with van der Waals surface area (Å²) >= 11 is 0. The van der Waals surface area contributed by atoms with Crippen molar-refractivity contribution in [1.82, 2.24) is 0 Å². The second-order valence-electron chi connectivity index (χ2n) is 6.16. The van der Waals surface area contributed by atoms with Crippen LogP contribution in [0.25, 0.3) is 0 Å². The van der Waals surface area contributed by atoms with Crippen LogP contribution in [0, 0.1) is 25.7 Å². The van der Waals surface area contributed by atoms with E-state index in [0.717, 1.165) is 5.56 Å². The van der Waals surface area contributed by atoms with E-state index in [1.165, 1.54) is 16.7 Å². The fourth-order valence-corrected chi connectivity index (χ4v) is 2.15. The molecule has 0 aliphatic heterocycles. The Balaban J connectivity index is 3.03. The second-order valence-corrected chi connectivity index (χ2v) is 6.16. The molecule has 1 aromatic rings. The lowest BCUT2D eigenvalue weighted by atomic mass is 9.83. The number of hydrogen-bond acceptors (Lipinski definition) is 1. The summed E-state index contributed by atoms with van der Waals surface area (Å²) < 4.78 is 0. The van der Waals surface area contributed by atoms with Crippen LogP contribution in [0.1, 0.15) is 56.4 Å². The average Bonchev–Trinajstić information content (AvgIpc) is 2.29. The van der Waals surface area contributed by atoms with Gasteiger partial charge in [0.2, 0.25) is 0 Å². The van der Waals surface area contributed by atoms with Crippen molar-refractivity contribution in [3.05, 3.63) is 34.4 Å². The van der Waals surface area contributed by atoms with E-state index in [1.54, 1.807) is 6.92 Å². The number of benzene rings is 1. The lowest BCUT2D eigenvalue weighted by Gasteiger charge is -2.22. The van der Waals surface area contributed by atoms with Crippen molar-refractivity contribution in [2.24, 2.45) is 0 Å². The predicted octanol–water partition coefficient (Wildman–Crippen LogP) is 4.13. The molecule has 102 valence electrons. The maximum Gasteiger partial charge on any atom is 0.149 e. The molecule has 0 aliphatic carbocycles. The number of Topliss-reactive ketones (excluding diaryl/α,β-unsaturated/α-hetero) is 1. The van der Waals surface area contributed by atoms with E-state index in [4.69, 9.17) is 0 Å². The summed E-state index contributed by atoms with van der Waals surface area (Å²) in [5, 5.41) is 0. The van der Waals surface area contributed by atoms with Crippen LogP contribution in [0.15, 0.2) is 12.1 Å². The Hall–Kier alpha value is -1.55. The molecule has 0 bridgehead atoms. The molecule has 1 heteroatoms. The molecule has 19 heavy (non-hydrogen) atoms. The van der Waals surface area contributed by atoms with E-state index in [1.807, 2.05) is 0 Å². The number of ketones is 1. The van der Waals surface area contributed by atoms with Gasteiger partial charge >= 0.3 is 0 Å². The van der Waals surface area contributed by atoms with Crippen LogP contribution in [0.3, 0.4) is 0 Å². The molecule has 0 unspecified atom stereocenters. The number of carbonyl (C=O) groups excluding carboxylic acids is 1. The molecule has 0 saturated heterocycles. The maximum absolute atomic E-state index is 11.9. The molecule has 0 fully saturated rings. The van der Waals surface area contributed by atoms with Crippen LogP contribution in [-0.2, 0) is 16.6 Å². The highest BCUT2D eigenvalue weighted by atomic mass is 16.1. The summed E-state index contributed by atoms with van der Waals surface area (Å²) in [6.07, 6.45) is 0.854. The predicted molar refractivity (Wildman–Crippen MR) is 81.4 cm³/mol. The number of rotatable bonds is 3. The van der Waals surface area contributed by atoms with Gasteiger partial charge in [0.15, 0.2) is 0 Å². The number of aryl methyl sites for hydroxylation is 2. The molecule has 0 radical (unpaired) electrons. The van der Waals surface area contributed by atoms with Crippen molar-refractivity contribution in [2.75, 3.05) is 0 Å². The Morgan fingerprint density at radius 3 is 2.11 bits per heavy atom. The summed E-state index contributed by atoms with van der Waals surface area (Å²) in [6, 6.07) is 4.42. The lowest BCUT2D eigenvalue weighted by Crippen LogP contribution is -2.13. The van der Waals surface area contributed by atoms with Crippen LogP contribution < -0.4 is 0 Å². The standard InChI is InChI=1S/C18H24O/c1-7-8-9-16(19)12-17-13(2)10-15(11-14(17)3)18(4,5)6/h10-11H,9,12H2,1-6H3. The van der Waals surface area contributed by atoms with E-state index < -0.39 is 0 Å². The first kappa shape index (κ1) is 15.5. The third-order valence-electron chi connectivity index (χ3n) is 3.40. The van der Waals surface area contributed by atoms with Crippen LogP contribution in [-0.4, -0.2) is 5.78 Å². The van der Waals surface area contributed by atoms with Gasteiger partial charge in [0.25, 0.3) is 0 Å². The largest absolute Gasteiger partial charge is 0.298 e. The van der Waals surface area contributed by atoms with Gasteiger partial charge in [-0.3, -0.25) is 4.79 Å². The van der Waals surface area contributed by atoms with Crippen LogP contribution >= 0.6 is 0 Å². The van der Waals surface area contributed by atoms with Gasteiger partial charge in [-0.05, 0) is 48.4 Å². The molecule has 0 spiro atoms. The first-order chi connectivity index (χ1) is 8.75. The van der Waals surface area contributed by atoms with Gasteiger partial charge in [-0.15, -0.1) is 5.92 Å². The monoisotopic (exact) mass is 256 g/mol. The van der Waals surface area contributed by atoms with Crippen molar-refractivity contribution < 1.29 is 4.79 Å². The Labute approximate surface area is 117 Å². The summed E-state index contributed by atoms with van der Waals surface area (Å²) in [5.41, 5.74) is 5.06. The Morgan fingerprint density at radius 1 is 1.16 bits per heavy atom. The smallest absolute Gasteiger partial charge is 0.149 e. The Bertz CT molecular complexity index is 510. The van der Waals surface area contributed by atoms with Crippen LogP contribution in [0.4, 0.5) is 0 Å². The zero-order valence-corrected chi connectivity index (χ0v) is 13.0. The third kappa shape index (κ3) is 4.24. The van der Waals surface area contributed by atoms with Gasteiger partial charge in [-0.1, -0.05) is 38.8 Å². The molecule has 1 aromatic carbocycles. The molecular formula is C18H24O. The van der Waals surface area contributed by atoms with E-state index in [2.05, 4.69) is 58.6 Å². The van der Waals surface area contributed by atoms with Gasteiger partial charge in [0.1, 0.15) is 5.78 Å². The van der Waals surface area contributed by atoms with Gasteiger partial charge in [0, 0.05) is 6.42 Å². The molecule has 1 rings (SSSR count). The van der Waals surface area contributed by atoms with E-state index in [9.17, 15) is 4.79 Å². The molecule has 0 aliphatic rings. The third-order valence-corrected chi connectivity index (χ3v) is 3.40. The average molecular weight is 256 g/mol. The highest BCUT2D eigenvalue weighted by molar-refractivity contribution is 5.83. The number of carbonyl (C=O) groups is 1. The summed E-state index contributed by atoms with van der Waals surface area (Å²) in [7, 11) is 0. The number of hydrogen-bond donors (Lipinski definition) is 0. The first-order valence-electron chi connectivity index (χ1n) is 6.77. The van der Waals surface area contributed by atoms with E-state index in [-0.39, 0.29) is 11.2 Å². The highest BCUT2D eigenvalue weighted by Gasteiger charge is 2.17. The molecule has 0 atom stereocenters. The molecule has 0 amide bonds. The minimum atomic E-state index is 0.145. The zero-order valence-electron chi connectivity index (χ0n) is 13.0. The molecule has 0 N–H and O–H groups in total. The summed E-state index contributed by atoms with van der Waals surface area (Å²) in [5.74, 6) is 5.81. The Kier molecular flexibility index (Phi) is 4.95. The fourth-order valence-electron chi connectivity index (χ4n) is 2.15. The minimum absolute atomic E-state index is 0.145. The van der Waals surface area contributed by atoms with E-state index in [0.29, 0.717) is 12.8 Å². The molecule has 0 aromatic heterocycles. The van der Waals surface area contributed by atoms with Crippen molar-refractivity contribution in [3.8, 4) is 11.8 Å². The van der Waals surface area contributed by atoms with Gasteiger partial charge in [0.05, 0.1) is 6.42 Å². The summed E-state index contributed by atoms with van der Waals surface area (Å²) in [6.45, 7) is 12.6. The SMILES string of the molecule is CC#CCC(=O)Cc1c(C)cc(C(C)(C)C)cc1C. The quantitative estimate of drug-likeness (QED) is 0.743. The highest BCUT2D eigenvalue weighted by Crippen LogP contribution is 2.27. The zero-order chi connectivity index (χ0) is 14.6. The van der Waals surface area contributed by atoms with E-state index >= 15 is 0 Å². The minimum Gasteiger partial charge on any atom is -0.298 e. The molecule has 1 nitrogen and oxygen atoms in total. The van der Waals surface area contributed by atoms with Gasteiger partial charge in [-0.25, -0.2) is 0 Å². The fraction of sp³-hybridized carbons (Fsp3) is 0.500. The molecule has 0 saturated carbocycles. The first-order valence-corrected chi connectivity index (χ1v) is 6.77. The maximum atomic E-state index is 11.9.